The van der Waals surface area contributed by atoms with E-state index in [0.717, 1.165) is 23.4 Å². The lowest BCUT2D eigenvalue weighted by Crippen LogP contribution is -2.35. The molecule has 2 aromatic rings. The summed E-state index contributed by atoms with van der Waals surface area (Å²) in [6.45, 7) is 9.80. The molecule has 0 atom stereocenters. The van der Waals surface area contributed by atoms with Crippen molar-refractivity contribution < 1.29 is 4.39 Å². The maximum atomic E-state index is 13.2. The molecule has 0 fully saturated rings. The molecule has 0 amide bonds. The highest BCUT2D eigenvalue weighted by Crippen LogP contribution is 2.18. The minimum atomic E-state index is -0.396. The Bertz CT molecular complexity index is 629. The Morgan fingerprint density at radius 3 is 2.67 bits per heavy atom. The summed E-state index contributed by atoms with van der Waals surface area (Å²) < 4.78 is 15.1. The van der Waals surface area contributed by atoms with Crippen molar-refractivity contribution in [3.63, 3.8) is 0 Å². The summed E-state index contributed by atoms with van der Waals surface area (Å²) in [4.78, 5) is 0. The van der Waals surface area contributed by atoms with Gasteiger partial charge in [-0.15, -0.1) is 0 Å². The molecule has 0 aliphatic carbocycles. The average Bonchev–Trinajstić information content (AvgIpc) is 2.72. The summed E-state index contributed by atoms with van der Waals surface area (Å²) in [6.07, 6.45) is 1.87. The zero-order valence-corrected chi connectivity index (χ0v) is 13.6. The lowest BCUT2D eigenvalue weighted by Gasteiger charge is -2.20. The first-order valence-corrected chi connectivity index (χ1v) is 7.34. The number of rotatable bonds is 4. The largest absolute Gasteiger partial charge is 0.308 e. The molecule has 1 aromatic heterocycles. The number of hydrogen-bond acceptors (Lipinski definition) is 2. The molecule has 5 heteroatoms. The highest BCUT2D eigenvalue weighted by molar-refractivity contribution is 6.30. The van der Waals surface area contributed by atoms with Gasteiger partial charge in [-0.25, -0.2) is 4.39 Å². The number of hydrogen-bond donors (Lipinski definition) is 1. The number of nitrogens with zero attached hydrogens (tertiary/aromatic N) is 2. The van der Waals surface area contributed by atoms with Crippen LogP contribution >= 0.6 is 11.6 Å². The summed E-state index contributed by atoms with van der Waals surface area (Å²) in [5, 5.41) is 8.00. The van der Waals surface area contributed by atoms with E-state index in [1.54, 1.807) is 12.1 Å². The van der Waals surface area contributed by atoms with E-state index in [1.165, 1.54) is 6.07 Å². The number of aromatic nitrogens is 2. The van der Waals surface area contributed by atoms with Crippen LogP contribution in [-0.4, -0.2) is 15.3 Å². The third-order valence-corrected chi connectivity index (χ3v) is 3.62. The summed E-state index contributed by atoms with van der Waals surface area (Å²) in [5.74, 6) is -0.396. The van der Waals surface area contributed by atoms with Crippen LogP contribution in [0, 0.1) is 12.7 Å². The van der Waals surface area contributed by atoms with Crippen molar-refractivity contribution in [2.45, 2.75) is 46.3 Å². The summed E-state index contributed by atoms with van der Waals surface area (Å²) in [6, 6.07) is 4.76. The van der Waals surface area contributed by atoms with Gasteiger partial charge in [0.1, 0.15) is 5.82 Å². The third-order valence-electron chi connectivity index (χ3n) is 3.33. The number of halogens is 2. The highest BCUT2D eigenvalue weighted by atomic mass is 35.5. The fraction of sp³-hybridized carbons (Fsp3) is 0.438. The second-order valence-corrected chi connectivity index (χ2v) is 6.67. The van der Waals surface area contributed by atoms with Crippen molar-refractivity contribution in [1.82, 2.24) is 15.1 Å². The molecule has 1 N–H and O–H groups in total. The van der Waals surface area contributed by atoms with E-state index < -0.39 is 5.82 Å². The van der Waals surface area contributed by atoms with Gasteiger partial charge in [-0.3, -0.25) is 4.68 Å². The van der Waals surface area contributed by atoms with Gasteiger partial charge in [-0.2, -0.15) is 5.10 Å². The first-order chi connectivity index (χ1) is 9.76. The van der Waals surface area contributed by atoms with Crippen LogP contribution in [0.1, 0.15) is 37.6 Å². The van der Waals surface area contributed by atoms with Crippen molar-refractivity contribution in [1.29, 1.82) is 0 Å². The molecule has 1 aromatic carbocycles. The summed E-state index contributed by atoms with van der Waals surface area (Å²) >= 11 is 5.81. The van der Waals surface area contributed by atoms with Crippen molar-refractivity contribution in [3.05, 3.63) is 52.1 Å². The molecule has 0 radical (unpaired) electrons. The Balaban J connectivity index is 2.11. The molecular weight excluding hydrogens is 289 g/mol. The first kappa shape index (κ1) is 16.0. The fourth-order valence-electron chi connectivity index (χ4n) is 1.99. The van der Waals surface area contributed by atoms with Gasteiger partial charge in [0.2, 0.25) is 0 Å². The smallest absolute Gasteiger partial charge is 0.141 e. The van der Waals surface area contributed by atoms with Gasteiger partial charge < -0.3 is 5.32 Å². The van der Waals surface area contributed by atoms with Crippen LogP contribution < -0.4 is 5.32 Å². The molecule has 2 rings (SSSR count). The Labute approximate surface area is 130 Å². The monoisotopic (exact) mass is 309 g/mol. The minimum Gasteiger partial charge on any atom is -0.308 e. The van der Waals surface area contributed by atoms with E-state index in [1.807, 2.05) is 17.8 Å². The highest BCUT2D eigenvalue weighted by Gasteiger charge is 2.12. The first-order valence-electron chi connectivity index (χ1n) is 6.96. The van der Waals surface area contributed by atoms with E-state index in [-0.39, 0.29) is 10.6 Å². The van der Waals surface area contributed by atoms with Gasteiger partial charge >= 0.3 is 0 Å². The van der Waals surface area contributed by atoms with Gasteiger partial charge in [0, 0.05) is 23.3 Å². The molecule has 0 bridgehead atoms. The van der Waals surface area contributed by atoms with Crippen molar-refractivity contribution in [2.75, 3.05) is 0 Å². The third kappa shape index (κ3) is 4.29. The van der Waals surface area contributed by atoms with Crippen LogP contribution in [-0.2, 0) is 13.1 Å². The number of nitrogens with one attached hydrogen (secondary N) is 1. The van der Waals surface area contributed by atoms with E-state index in [4.69, 9.17) is 11.6 Å². The zero-order valence-electron chi connectivity index (χ0n) is 12.9. The van der Waals surface area contributed by atoms with E-state index >= 15 is 0 Å². The molecule has 0 spiro atoms. The minimum absolute atomic E-state index is 0.0685. The van der Waals surface area contributed by atoms with Crippen LogP contribution in [0.25, 0.3) is 0 Å². The molecule has 21 heavy (non-hydrogen) atoms. The van der Waals surface area contributed by atoms with Crippen LogP contribution in [0.3, 0.4) is 0 Å². The Morgan fingerprint density at radius 2 is 2.05 bits per heavy atom. The van der Waals surface area contributed by atoms with Crippen molar-refractivity contribution in [2.24, 2.45) is 0 Å². The Morgan fingerprint density at radius 1 is 1.33 bits per heavy atom. The summed E-state index contributed by atoms with van der Waals surface area (Å²) in [7, 11) is 0. The van der Waals surface area contributed by atoms with Gasteiger partial charge in [0.05, 0.1) is 17.8 Å². The molecule has 114 valence electrons. The predicted molar refractivity (Wildman–Crippen MR) is 84.1 cm³/mol. The quantitative estimate of drug-likeness (QED) is 0.927. The maximum absolute atomic E-state index is 13.2. The Kier molecular flexibility index (Phi) is 4.69. The topological polar surface area (TPSA) is 29.9 Å². The second kappa shape index (κ2) is 6.16. The normalized spacial score (nSPS) is 11.9. The van der Waals surface area contributed by atoms with Crippen molar-refractivity contribution in [3.8, 4) is 0 Å². The van der Waals surface area contributed by atoms with Gasteiger partial charge in [-0.05, 0) is 45.4 Å². The molecule has 3 nitrogen and oxygen atoms in total. The van der Waals surface area contributed by atoms with Crippen LogP contribution in [0.4, 0.5) is 4.39 Å². The molecule has 0 unspecified atom stereocenters. The second-order valence-electron chi connectivity index (χ2n) is 6.26. The number of benzene rings is 1. The fourth-order valence-corrected chi connectivity index (χ4v) is 2.19. The predicted octanol–water partition coefficient (Wildman–Crippen LogP) is 3.92. The molecule has 0 aliphatic rings. The molecule has 0 saturated carbocycles. The molecule has 0 saturated heterocycles. The molecule has 0 aliphatic heterocycles. The van der Waals surface area contributed by atoms with E-state index in [2.05, 4.69) is 31.2 Å². The van der Waals surface area contributed by atoms with E-state index in [9.17, 15) is 4.39 Å². The van der Waals surface area contributed by atoms with Gasteiger partial charge in [0.25, 0.3) is 0 Å². The van der Waals surface area contributed by atoms with Crippen LogP contribution in [0.5, 0.6) is 0 Å². The standard InChI is InChI=1S/C16H21ClFN3/c1-11-13(8-19-16(2,3)4)9-20-21(11)10-12-5-6-15(18)14(17)7-12/h5-7,9,19H,8,10H2,1-4H3. The Hall–Kier alpha value is -1.39. The zero-order chi connectivity index (χ0) is 15.6. The SMILES string of the molecule is Cc1c(CNC(C)(C)C)cnn1Cc1ccc(F)c(Cl)c1. The average molecular weight is 310 g/mol. The molecule has 1 heterocycles. The lowest BCUT2D eigenvalue weighted by atomic mass is 10.1. The van der Waals surface area contributed by atoms with Crippen molar-refractivity contribution >= 4 is 11.6 Å². The maximum Gasteiger partial charge on any atom is 0.141 e. The van der Waals surface area contributed by atoms with Gasteiger partial charge in [0.15, 0.2) is 0 Å². The van der Waals surface area contributed by atoms with Crippen LogP contribution in [0.2, 0.25) is 5.02 Å². The van der Waals surface area contributed by atoms with Crippen LogP contribution in [0.15, 0.2) is 24.4 Å². The van der Waals surface area contributed by atoms with Gasteiger partial charge in [-0.1, -0.05) is 17.7 Å². The molecular formula is C16H21ClFN3. The van der Waals surface area contributed by atoms with E-state index in [0.29, 0.717) is 6.54 Å². The summed E-state index contributed by atoms with van der Waals surface area (Å²) in [5.41, 5.74) is 3.27. The lowest BCUT2D eigenvalue weighted by molar-refractivity contribution is 0.423.